The van der Waals surface area contributed by atoms with Crippen molar-refractivity contribution >= 4 is 24.0 Å². The SMILES string of the molecule is COc1ccc([C@@H](N)[C@@H](O)C2CC2)c(Cl)c1OC.Cl. The van der Waals surface area contributed by atoms with Crippen LogP contribution < -0.4 is 15.2 Å². The van der Waals surface area contributed by atoms with Gasteiger partial charge in [0.25, 0.3) is 0 Å². The number of benzene rings is 1. The highest BCUT2D eigenvalue weighted by atomic mass is 35.5. The summed E-state index contributed by atoms with van der Waals surface area (Å²) in [5, 5.41) is 10.5. The summed E-state index contributed by atoms with van der Waals surface area (Å²) in [6, 6.07) is 3.03. The Labute approximate surface area is 124 Å². The average molecular weight is 308 g/mol. The van der Waals surface area contributed by atoms with Crippen LogP contribution in [0, 0.1) is 5.92 Å². The van der Waals surface area contributed by atoms with E-state index >= 15 is 0 Å². The number of nitrogens with two attached hydrogens (primary N) is 1. The van der Waals surface area contributed by atoms with E-state index in [1.165, 1.54) is 7.11 Å². The predicted molar refractivity (Wildman–Crippen MR) is 77.5 cm³/mol. The van der Waals surface area contributed by atoms with Crippen LogP contribution in [-0.4, -0.2) is 25.4 Å². The van der Waals surface area contributed by atoms with Crippen LogP contribution in [0.3, 0.4) is 0 Å². The molecule has 3 N–H and O–H groups in total. The standard InChI is InChI=1S/C13H18ClNO3.ClH/c1-17-9-6-5-8(10(14)13(9)18-2)11(15)12(16)7-3-4-7;/h5-7,11-12,16H,3-4,15H2,1-2H3;1H/t11-,12+;/m1./s1. The van der Waals surface area contributed by atoms with Gasteiger partial charge in [0.15, 0.2) is 11.5 Å². The Morgan fingerprint density at radius 3 is 2.42 bits per heavy atom. The van der Waals surface area contributed by atoms with E-state index in [1.54, 1.807) is 19.2 Å². The van der Waals surface area contributed by atoms with Crippen molar-refractivity contribution in [3.05, 3.63) is 22.7 Å². The summed E-state index contributed by atoms with van der Waals surface area (Å²) >= 11 is 6.26. The molecule has 0 heterocycles. The number of hydrogen-bond acceptors (Lipinski definition) is 4. The molecule has 1 aromatic rings. The number of methoxy groups -OCH3 is 2. The van der Waals surface area contributed by atoms with Crippen LogP contribution >= 0.6 is 24.0 Å². The van der Waals surface area contributed by atoms with Crippen LogP contribution in [0.1, 0.15) is 24.4 Å². The van der Waals surface area contributed by atoms with Crippen LogP contribution in [0.2, 0.25) is 5.02 Å². The third kappa shape index (κ3) is 3.26. The quantitative estimate of drug-likeness (QED) is 0.877. The van der Waals surface area contributed by atoms with Gasteiger partial charge in [-0.3, -0.25) is 0 Å². The summed E-state index contributed by atoms with van der Waals surface area (Å²) in [5.74, 6) is 1.30. The van der Waals surface area contributed by atoms with E-state index in [0.29, 0.717) is 28.0 Å². The van der Waals surface area contributed by atoms with Crippen molar-refractivity contribution in [1.82, 2.24) is 0 Å². The molecule has 2 atom stereocenters. The summed E-state index contributed by atoms with van der Waals surface area (Å²) < 4.78 is 10.4. The molecular weight excluding hydrogens is 289 g/mol. The van der Waals surface area contributed by atoms with Gasteiger partial charge in [-0.05, 0) is 30.4 Å². The Balaban J connectivity index is 0.00000180. The van der Waals surface area contributed by atoms with E-state index in [2.05, 4.69) is 0 Å². The maximum Gasteiger partial charge on any atom is 0.179 e. The fourth-order valence-electron chi connectivity index (χ4n) is 2.08. The molecule has 19 heavy (non-hydrogen) atoms. The summed E-state index contributed by atoms with van der Waals surface area (Å²) in [5.41, 5.74) is 6.75. The van der Waals surface area contributed by atoms with Crippen molar-refractivity contribution in [3.63, 3.8) is 0 Å². The van der Waals surface area contributed by atoms with E-state index in [-0.39, 0.29) is 12.4 Å². The second-order valence-electron chi connectivity index (χ2n) is 4.56. The highest BCUT2D eigenvalue weighted by Crippen LogP contribution is 2.43. The molecule has 1 fully saturated rings. The molecule has 6 heteroatoms. The summed E-state index contributed by atoms with van der Waals surface area (Å²) in [6.07, 6.45) is 1.50. The fourth-order valence-corrected chi connectivity index (χ4v) is 2.44. The highest BCUT2D eigenvalue weighted by Gasteiger charge is 2.35. The Morgan fingerprint density at radius 1 is 1.32 bits per heavy atom. The third-order valence-corrected chi connectivity index (χ3v) is 3.74. The first kappa shape index (κ1) is 16.4. The molecular formula is C13H19Cl2NO3. The molecule has 2 rings (SSSR count). The van der Waals surface area contributed by atoms with Gasteiger partial charge in [0.2, 0.25) is 0 Å². The van der Waals surface area contributed by atoms with Crippen LogP contribution in [0.25, 0.3) is 0 Å². The Morgan fingerprint density at radius 2 is 1.95 bits per heavy atom. The zero-order valence-electron chi connectivity index (χ0n) is 10.9. The fraction of sp³-hybridized carbons (Fsp3) is 0.538. The van der Waals surface area contributed by atoms with Gasteiger partial charge < -0.3 is 20.3 Å². The van der Waals surface area contributed by atoms with Gasteiger partial charge in [0.1, 0.15) is 0 Å². The lowest BCUT2D eigenvalue weighted by atomic mass is 9.98. The molecule has 0 radical (unpaired) electrons. The van der Waals surface area contributed by atoms with Gasteiger partial charge >= 0.3 is 0 Å². The molecule has 108 valence electrons. The number of rotatable bonds is 5. The van der Waals surface area contributed by atoms with Gasteiger partial charge in [-0.15, -0.1) is 12.4 Å². The minimum atomic E-state index is -0.555. The number of hydrogen-bond donors (Lipinski definition) is 2. The van der Waals surface area contributed by atoms with Crippen molar-refractivity contribution < 1.29 is 14.6 Å². The smallest absolute Gasteiger partial charge is 0.179 e. The molecule has 0 bridgehead atoms. The summed E-state index contributed by atoms with van der Waals surface area (Å²) in [7, 11) is 3.07. The van der Waals surface area contributed by atoms with Gasteiger partial charge in [-0.1, -0.05) is 17.7 Å². The first-order valence-electron chi connectivity index (χ1n) is 5.94. The van der Waals surface area contributed by atoms with Crippen LogP contribution in [0.4, 0.5) is 0 Å². The van der Waals surface area contributed by atoms with Crippen LogP contribution in [0.5, 0.6) is 11.5 Å². The maximum atomic E-state index is 10.1. The Bertz CT molecular complexity index is 438. The Kier molecular flexibility index (Phi) is 5.74. The largest absolute Gasteiger partial charge is 0.493 e. The first-order valence-corrected chi connectivity index (χ1v) is 6.32. The summed E-state index contributed by atoms with van der Waals surface area (Å²) in [6.45, 7) is 0. The number of aliphatic hydroxyl groups excluding tert-OH is 1. The molecule has 1 saturated carbocycles. The number of aliphatic hydroxyl groups is 1. The highest BCUT2D eigenvalue weighted by molar-refractivity contribution is 6.33. The van der Waals surface area contributed by atoms with Crippen molar-refractivity contribution in [2.75, 3.05) is 14.2 Å². The normalized spacial score (nSPS) is 17.3. The van der Waals surface area contributed by atoms with Crippen molar-refractivity contribution in [1.29, 1.82) is 0 Å². The van der Waals surface area contributed by atoms with Crippen molar-refractivity contribution in [2.45, 2.75) is 25.0 Å². The van der Waals surface area contributed by atoms with Gasteiger partial charge in [0, 0.05) is 0 Å². The number of halogens is 2. The van der Waals surface area contributed by atoms with E-state index in [1.807, 2.05) is 0 Å². The predicted octanol–water partition coefficient (Wildman–Crippen LogP) is 2.55. The first-order chi connectivity index (χ1) is 8.60. The molecule has 0 saturated heterocycles. The molecule has 0 spiro atoms. The molecule has 0 aliphatic heterocycles. The lowest BCUT2D eigenvalue weighted by Gasteiger charge is -2.21. The molecule has 1 aliphatic carbocycles. The number of ether oxygens (including phenoxy) is 2. The molecule has 1 aromatic carbocycles. The van der Waals surface area contributed by atoms with E-state index in [0.717, 1.165) is 12.8 Å². The zero-order valence-corrected chi connectivity index (χ0v) is 12.5. The molecule has 4 nitrogen and oxygen atoms in total. The minimum absolute atomic E-state index is 0. The Hall–Kier alpha value is -0.680. The molecule has 0 unspecified atom stereocenters. The van der Waals surface area contributed by atoms with Crippen LogP contribution in [-0.2, 0) is 0 Å². The second kappa shape index (κ2) is 6.66. The van der Waals surface area contributed by atoms with Gasteiger partial charge in [0.05, 0.1) is 31.4 Å². The maximum absolute atomic E-state index is 10.1. The zero-order chi connectivity index (χ0) is 13.3. The average Bonchev–Trinajstić information content (AvgIpc) is 3.20. The monoisotopic (exact) mass is 307 g/mol. The lowest BCUT2D eigenvalue weighted by Crippen LogP contribution is -2.28. The van der Waals surface area contributed by atoms with Gasteiger partial charge in [-0.25, -0.2) is 0 Å². The van der Waals surface area contributed by atoms with Crippen LogP contribution in [0.15, 0.2) is 12.1 Å². The minimum Gasteiger partial charge on any atom is -0.493 e. The van der Waals surface area contributed by atoms with Crippen molar-refractivity contribution in [3.8, 4) is 11.5 Å². The van der Waals surface area contributed by atoms with E-state index in [4.69, 9.17) is 26.8 Å². The second-order valence-corrected chi connectivity index (χ2v) is 4.94. The topological polar surface area (TPSA) is 64.7 Å². The lowest BCUT2D eigenvalue weighted by molar-refractivity contribution is 0.122. The molecule has 0 aromatic heterocycles. The molecule has 1 aliphatic rings. The third-order valence-electron chi connectivity index (χ3n) is 3.35. The van der Waals surface area contributed by atoms with Gasteiger partial charge in [-0.2, -0.15) is 0 Å². The molecule has 0 amide bonds. The summed E-state index contributed by atoms with van der Waals surface area (Å²) in [4.78, 5) is 0. The van der Waals surface area contributed by atoms with Crippen molar-refractivity contribution in [2.24, 2.45) is 11.7 Å². The van der Waals surface area contributed by atoms with E-state index in [9.17, 15) is 5.11 Å². The van der Waals surface area contributed by atoms with E-state index < -0.39 is 12.1 Å².